The van der Waals surface area contributed by atoms with Gasteiger partial charge in [0.15, 0.2) is 6.29 Å². The van der Waals surface area contributed by atoms with Gasteiger partial charge in [0.05, 0.1) is 0 Å². The first kappa shape index (κ1) is 16.3. The number of carbonyl (C=O) groups excluding carboxylic acids is 2. The predicted octanol–water partition coefficient (Wildman–Crippen LogP) is 4.62. The maximum atomic E-state index is 12.6. The Labute approximate surface area is 145 Å². The van der Waals surface area contributed by atoms with Crippen molar-refractivity contribution in [2.24, 2.45) is 0 Å². The maximum absolute atomic E-state index is 12.6. The Morgan fingerprint density at radius 2 is 1.92 bits per heavy atom. The lowest BCUT2D eigenvalue weighted by Gasteiger charge is -2.15. The van der Waals surface area contributed by atoms with Gasteiger partial charge in [-0.3, -0.25) is 9.59 Å². The van der Waals surface area contributed by atoms with E-state index < -0.39 is 6.04 Å². The van der Waals surface area contributed by atoms with Crippen molar-refractivity contribution < 1.29 is 9.59 Å². The van der Waals surface area contributed by atoms with Gasteiger partial charge in [0.2, 0.25) is 5.91 Å². The molecule has 0 aliphatic carbocycles. The average molecular weight is 341 g/mol. The minimum Gasteiger partial charge on any atom is -0.335 e. The summed E-state index contributed by atoms with van der Waals surface area (Å²) in [6.07, 6.45) is 2.47. The van der Waals surface area contributed by atoms with Crippen molar-refractivity contribution >= 4 is 40.4 Å². The lowest BCUT2D eigenvalue weighted by Crippen LogP contribution is -2.23. The predicted molar refractivity (Wildman–Crippen MR) is 96.9 cm³/mol. The first-order chi connectivity index (χ1) is 11.5. The fourth-order valence-electron chi connectivity index (χ4n) is 2.68. The lowest BCUT2D eigenvalue weighted by atomic mass is 10.2. The fraction of sp³-hybridized carbons (Fsp3) is 0.158. The summed E-state index contributed by atoms with van der Waals surface area (Å²) in [5, 5.41) is 4.20. The summed E-state index contributed by atoms with van der Waals surface area (Å²) in [6.45, 7) is 3.79. The van der Waals surface area contributed by atoms with Crippen molar-refractivity contribution in [3.63, 3.8) is 0 Å². The van der Waals surface area contributed by atoms with Crippen LogP contribution in [-0.4, -0.2) is 16.8 Å². The van der Waals surface area contributed by atoms with Crippen molar-refractivity contribution in [2.75, 3.05) is 5.32 Å². The molecule has 0 fully saturated rings. The van der Waals surface area contributed by atoms with E-state index in [1.165, 1.54) is 0 Å². The lowest BCUT2D eigenvalue weighted by molar-refractivity contribution is -0.118. The van der Waals surface area contributed by atoms with E-state index in [0.717, 1.165) is 28.4 Å². The first-order valence-electron chi connectivity index (χ1n) is 7.62. The van der Waals surface area contributed by atoms with Crippen molar-refractivity contribution in [3.05, 3.63) is 64.8 Å². The van der Waals surface area contributed by atoms with Gasteiger partial charge in [-0.15, -0.1) is 0 Å². The Morgan fingerprint density at radius 1 is 1.21 bits per heavy atom. The molecule has 24 heavy (non-hydrogen) atoms. The van der Waals surface area contributed by atoms with Crippen LogP contribution in [0.4, 0.5) is 5.69 Å². The van der Waals surface area contributed by atoms with Crippen LogP contribution >= 0.6 is 11.6 Å². The number of aldehydes is 1. The fourth-order valence-corrected chi connectivity index (χ4v) is 2.85. The summed E-state index contributed by atoms with van der Waals surface area (Å²) in [4.78, 5) is 23.9. The molecule has 0 radical (unpaired) electrons. The molecule has 0 aliphatic rings. The number of aromatic nitrogens is 1. The third-order valence-electron chi connectivity index (χ3n) is 4.07. The van der Waals surface area contributed by atoms with Gasteiger partial charge < -0.3 is 9.88 Å². The third kappa shape index (κ3) is 3.05. The summed E-state index contributed by atoms with van der Waals surface area (Å²) < 4.78 is 1.79. The van der Waals surface area contributed by atoms with Gasteiger partial charge in [-0.25, -0.2) is 0 Å². The number of hydrogen-bond acceptors (Lipinski definition) is 2. The molecular weight excluding hydrogens is 324 g/mol. The standard InChI is InChI=1S/C19H17ClN2O2/c1-12-3-6-16(7-4-12)21-19(24)13(2)22-10-14(11-23)17-9-15(20)5-8-18(17)22/h3-11,13H,1-2H3,(H,21,24). The van der Waals surface area contributed by atoms with Gasteiger partial charge in [-0.2, -0.15) is 0 Å². The van der Waals surface area contributed by atoms with Gasteiger partial charge >= 0.3 is 0 Å². The summed E-state index contributed by atoms with van der Waals surface area (Å²) >= 11 is 6.01. The maximum Gasteiger partial charge on any atom is 0.247 e. The molecule has 4 nitrogen and oxygen atoms in total. The average Bonchev–Trinajstić information content (AvgIpc) is 2.94. The van der Waals surface area contributed by atoms with Gasteiger partial charge in [-0.1, -0.05) is 29.3 Å². The molecule has 1 N–H and O–H groups in total. The van der Waals surface area contributed by atoms with E-state index in [9.17, 15) is 9.59 Å². The number of rotatable bonds is 4. The minimum absolute atomic E-state index is 0.150. The van der Waals surface area contributed by atoms with Crippen LogP contribution in [0.2, 0.25) is 5.02 Å². The SMILES string of the molecule is Cc1ccc(NC(=O)C(C)n2cc(C=O)c3cc(Cl)ccc32)cc1. The molecule has 0 saturated heterocycles. The zero-order chi connectivity index (χ0) is 17.3. The number of benzene rings is 2. The highest BCUT2D eigenvalue weighted by atomic mass is 35.5. The van der Waals surface area contributed by atoms with Crippen molar-refractivity contribution in [2.45, 2.75) is 19.9 Å². The van der Waals surface area contributed by atoms with E-state index in [2.05, 4.69) is 5.32 Å². The van der Waals surface area contributed by atoms with E-state index >= 15 is 0 Å². The Hall–Kier alpha value is -2.59. The molecule has 0 spiro atoms. The molecule has 0 bridgehead atoms. The largest absolute Gasteiger partial charge is 0.335 e. The van der Waals surface area contributed by atoms with Crippen LogP contribution < -0.4 is 5.32 Å². The van der Waals surface area contributed by atoms with Gasteiger partial charge in [0.1, 0.15) is 6.04 Å². The normalized spacial score (nSPS) is 12.1. The van der Waals surface area contributed by atoms with Gasteiger partial charge in [0.25, 0.3) is 0 Å². The van der Waals surface area contributed by atoms with Crippen LogP contribution in [0, 0.1) is 6.92 Å². The molecule has 1 aromatic heterocycles. The monoisotopic (exact) mass is 340 g/mol. The highest BCUT2D eigenvalue weighted by molar-refractivity contribution is 6.31. The van der Waals surface area contributed by atoms with Crippen LogP contribution in [0.25, 0.3) is 10.9 Å². The molecular formula is C19H17ClN2O2. The van der Waals surface area contributed by atoms with Crippen LogP contribution in [0.3, 0.4) is 0 Å². The van der Waals surface area contributed by atoms with Crippen molar-refractivity contribution in [1.82, 2.24) is 4.57 Å². The number of fused-ring (bicyclic) bond motifs is 1. The van der Waals surface area contributed by atoms with E-state index in [1.807, 2.05) is 37.3 Å². The smallest absolute Gasteiger partial charge is 0.247 e. The number of halogens is 1. The number of amides is 1. The van der Waals surface area contributed by atoms with Crippen LogP contribution in [0.15, 0.2) is 48.7 Å². The van der Waals surface area contributed by atoms with Crippen molar-refractivity contribution in [1.29, 1.82) is 0 Å². The molecule has 1 amide bonds. The second-order valence-electron chi connectivity index (χ2n) is 5.80. The number of aryl methyl sites for hydroxylation is 1. The zero-order valence-corrected chi connectivity index (χ0v) is 14.2. The molecule has 2 aromatic carbocycles. The first-order valence-corrected chi connectivity index (χ1v) is 8.00. The van der Waals surface area contributed by atoms with Gasteiger partial charge in [0, 0.05) is 33.4 Å². The molecule has 3 rings (SSSR count). The van der Waals surface area contributed by atoms with E-state index in [1.54, 1.807) is 29.8 Å². The number of hydrogen-bond donors (Lipinski definition) is 1. The molecule has 3 aromatic rings. The quantitative estimate of drug-likeness (QED) is 0.705. The number of nitrogens with zero attached hydrogens (tertiary/aromatic N) is 1. The Morgan fingerprint density at radius 3 is 2.58 bits per heavy atom. The molecule has 1 heterocycles. The summed E-state index contributed by atoms with van der Waals surface area (Å²) in [6, 6.07) is 12.5. The van der Waals surface area contributed by atoms with E-state index in [0.29, 0.717) is 10.6 Å². The highest BCUT2D eigenvalue weighted by Gasteiger charge is 2.19. The van der Waals surface area contributed by atoms with E-state index in [4.69, 9.17) is 11.6 Å². The Kier molecular flexibility index (Phi) is 4.40. The second kappa shape index (κ2) is 6.49. The molecule has 0 aliphatic heterocycles. The van der Waals surface area contributed by atoms with Crippen LogP contribution in [-0.2, 0) is 4.79 Å². The summed E-state index contributed by atoms with van der Waals surface area (Å²) in [7, 11) is 0. The van der Waals surface area contributed by atoms with E-state index in [-0.39, 0.29) is 5.91 Å². The van der Waals surface area contributed by atoms with Crippen LogP contribution in [0.5, 0.6) is 0 Å². The number of anilines is 1. The zero-order valence-electron chi connectivity index (χ0n) is 13.4. The minimum atomic E-state index is -0.469. The molecule has 1 unspecified atom stereocenters. The number of carbonyl (C=O) groups is 2. The Balaban J connectivity index is 1.93. The summed E-state index contributed by atoms with van der Waals surface area (Å²) in [5.41, 5.74) is 3.19. The molecule has 5 heteroatoms. The second-order valence-corrected chi connectivity index (χ2v) is 6.24. The number of nitrogens with one attached hydrogen (secondary N) is 1. The van der Waals surface area contributed by atoms with Gasteiger partial charge in [-0.05, 0) is 44.2 Å². The van der Waals surface area contributed by atoms with Crippen LogP contribution in [0.1, 0.15) is 28.9 Å². The molecule has 0 saturated carbocycles. The molecule has 122 valence electrons. The third-order valence-corrected chi connectivity index (χ3v) is 4.30. The Bertz CT molecular complexity index is 913. The van der Waals surface area contributed by atoms with Crippen molar-refractivity contribution in [3.8, 4) is 0 Å². The molecule has 1 atom stereocenters. The summed E-state index contributed by atoms with van der Waals surface area (Å²) in [5.74, 6) is -0.150. The highest BCUT2D eigenvalue weighted by Crippen LogP contribution is 2.27. The topological polar surface area (TPSA) is 51.1 Å².